The number of carboxylic acid groups (broad SMARTS) is 1. The van der Waals surface area contributed by atoms with Crippen molar-refractivity contribution in [3.8, 4) is 0 Å². The number of nitrogens with one attached hydrogen (secondary N) is 2. The maximum atomic E-state index is 13.1. The molecular weight excluding hydrogens is 412 g/mol. The van der Waals surface area contributed by atoms with E-state index in [1.807, 2.05) is 13.8 Å². The van der Waals surface area contributed by atoms with Gasteiger partial charge in [0.1, 0.15) is 5.00 Å². The van der Waals surface area contributed by atoms with Gasteiger partial charge in [0.2, 0.25) is 5.91 Å². The molecule has 2 aliphatic carbocycles. The lowest BCUT2D eigenvalue weighted by Gasteiger charge is -2.33. The fourth-order valence-electron chi connectivity index (χ4n) is 4.93. The molecular formula is C24H36N2O4S. The minimum Gasteiger partial charge on any atom is -0.481 e. The molecule has 0 bridgehead atoms. The summed E-state index contributed by atoms with van der Waals surface area (Å²) in [6.45, 7) is 10.6. The van der Waals surface area contributed by atoms with E-state index in [4.69, 9.17) is 0 Å². The summed E-state index contributed by atoms with van der Waals surface area (Å²) in [4.78, 5) is 39.0. The van der Waals surface area contributed by atoms with Crippen LogP contribution in [0.2, 0.25) is 0 Å². The summed E-state index contributed by atoms with van der Waals surface area (Å²) in [5.74, 6) is -2.00. The Morgan fingerprint density at radius 3 is 2.29 bits per heavy atom. The van der Waals surface area contributed by atoms with Gasteiger partial charge in [0, 0.05) is 10.9 Å². The first-order chi connectivity index (χ1) is 14.5. The van der Waals surface area contributed by atoms with Gasteiger partial charge >= 0.3 is 5.97 Å². The molecule has 3 atom stereocenters. The fourth-order valence-corrected chi connectivity index (χ4v) is 6.26. The number of thiophene rings is 1. The summed E-state index contributed by atoms with van der Waals surface area (Å²) < 4.78 is 0. The highest BCUT2D eigenvalue weighted by atomic mass is 32.1. The quantitative estimate of drug-likeness (QED) is 0.599. The van der Waals surface area contributed by atoms with Crippen LogP contribution in [0, 0.1) is 23.2 Å². The number of hydrogen-bond donors (Lipinski definition) is 3. The van der Waals surface area contributed by atoms with Crippen molar-refractivity contribution in [2.75, 3.05) is 5.32 Å². The smallest absolute Gasteiger partial charge is 0.307 e. The molecule has 0 radical (unpaired) electrons. The second-order valence-corrected chi connectivity index (χ2v) is 11.6. The molecule has 3 unspecified atom stereocenters. The van der Waals surface area contributed by atoms with Crippen molar-refractivity contribution in [1.82, 2.24) is 5.32 Å². The minimum absolute atomic E-state index is 0.00717. The van der Waals surface area contributed by atoms with Gasteiger partial charge in [-0.05, 0) is 62.8 Å². The molecule has 3 N–H and O–H groups in total. The lowest BCUT2D eigenvalue weighted by atomic mass is 9.72. The molecule has 6 nitrogen and oxygen atoms in total. The van der Waals surface area contributed by atoms with Crippen LogP contribution >= 0.6 is 11.3 Å². The normalized spacial score (nSPS) is 23.9. The number of carbonyl (C=O) groups is 3. The van der Waals surface area contributed by atoms with E-state index in [0.29, 0.717) is 29.3 Å². The summed E-state index contributed by atoms with van der Waals surface area (Å²) in [7, 11) is 0. The summed E-state index contributed by atoms with van der Waals surface area (Å²) in [5.41, 5.74) is 1.82. The van der Waals surface area contributed by atoms with Gasteiger partial charge < -0.3 is 15.7 Å². The molecule has 1 saturated carbocycles. The van der Waals surface area contributed by atoms with Crippen LogP contribution in [-0.4, -0.2) is 28.9 Å². The topological polar surface area (TPSA) is 95.5 Å². The number of carboxylic acids is 1. The number of fused-ring (bicyclic) bond motifs is 1. The van der Waals surface area contributed by atoms with E-state index in [9.17, 15) is 19.5 Å². The van der Waals surface area contributed by atoms with Crippen molar-refractivity contribution in [3.05, 3.63) is 16.0 Å². The summed E-state index contributed by atoms with van der Waals surface area (Å²) in [6.07, 6.45) is 5.55. The van der Waals surface area contributed by atoms with Crippen molar-refractivity contribution < 1.29 is 19.5 Å². The second kappa shape index (κ2) is 9.31. The largest absolute Gasteiger partial charge is 0.481 e. The number of carbonyl (C=O) groups excluding carboxylic acids is 2. The van der Waals surface area contributed by atoms with Gasteiger partial charge in [0.25, 0.3) is 5.91 Å². The first-order valence-electron chi connectivity index (χ1n) is 11.5. The summed E-state index contributed by atoms with van der Waals surface area (Å²) in [5, 5.41) is 16.1. The molecule has 0 spiro atoms. The van der Waals surface area contributed by atoms with E-state index in [1.54, 1.807) is 0 Å². The Balaban J connectivity index is 1.91. The van der Waals surface area contributed by atoms with Crippen molar-refractivity contribution in [2.24, 2.45) is 23.2 Å². The van der Waals surface area contributed by atoms with Gasteiger partial charge in [-0.2, -0.15) is 0 Å². The number of rotatable bonds is 5. The Labute approximate surface area is 189 Å². The first kappa shape index (κ1) is 23.8. The van der Waals surface area contributed by atoms with Crippen LogP contribution in [-0.2, 0) is 22.4 Å². The SMILES string of the molecule is CC(C)NC(=O)c1c(NC(=O)C2CCCCC2C(=O)O)sc2c1CCC(C(C)(C)C)C2. The molecule has 1 aromatic rings. The molecule has 2 aliphatic rings. The number of amides is 2. The zero-order valence-corrected chi connectivity index (χ0v) is 20.2. The average molecular weight is 449 g/mol. The summed E-state index contributed by atoms with van der Waals surface area (Å²) >= 11 is 1.50. The van der Waals surface area contributed by atoms with E-state index in [1.165, 1.54) is 16.2 Å². The van der Waals surface area contributed by atoms with Gasteiger partial charge in [-0.25, -0.2) is 0 Å². The van der Waals surface area contributed by atoms with Gasteiger partial charge in [0.15, 0.2) is 0 Å². The van der Waals surface area contributed by atoms with E-state index in [2.05, 4.69) is 31.4 Å². The van der Waals surface area contributed by atoms with E-state index in [-0.39, 0.29) is 23.3 Å². The van der Waals surface area contributed by atoms with Gasteiger partial charge in [-0.3, -0.25) is 14.4 Å². The molecule has 1 fully saturated rings. The monoisotopic (exact) mass is 448 g/mol. The van der Waals surface area contributed by atoms with Crippen LogP contribution in [0.5, 0.6) is 0 Å². The standard InChI is InChI=1S/C24H36N2O4S/c1-13(2)25-21(28)19-17-11-10-14(24(3,4)5)12-18(17)31-22(19)26-20(27)15-8-6-7-9-16(15)23(29)30/h13-16H,6-12H2,1-5H3,(H,25,28)(H,26,27)(H,29,30). The maximum absolute atomic E-state index is 13.1. The Morgan fingerprint density at radius 2 is 1.71 bits per heavy atom. The van der Waals surface area contributed by atoms with E-state index >= 15 is 0 Å². The third-order valence-electron chi connectivity index (χ3n) is 6.79. The second-order valence-electron chi connectivity index (χ2n) is 10.5. The average Bonchev–Trinajstić information content (AvgIpc) is 3.03. The number of hydrogen-bond acceptors (Lipinski definition) is 4. The Bertz CT molecular complexity index is 852. The highest BCUT2D eigenvalue weighted by molar-refractivity contribution is 7.17. The number of aliphatic carboxylic acids is 1. The van der Waals surface area contributed by atoms with Crippen LogP contribution in [0.25, 0.3) is 0 Å². The predicted molar refractivity (Wildman–Crippen MR) is 124 cm³/mol. The molecule has 1 aromatic heterocycles. The molecule has 1 heterocycles. The van der Waals surface area contributed by atoms with E-state index < -0.39 is 17.8 Å². The molecule has 0 aliphatic heterocycles. The zero-order valence-electron chi connectivity index (χ0n) is 19.3. The fraction of sp³-hybridized carbons (Fsp3) is 0.708. The molecule has 31 heavy (non-hydrogen) atoms. The van der Waals surface area contributed by atoms with Crippen LogP contribution in [0.1, 0.15) is 87.5 Å². The minimum atomic E-state index is -0.906. The van der Waals surface area contributed by atoms with Crippen LogP contribution in [0.3, 0.4) is 0 Å². The molecule has 2 amide bonds. The zero-order chi connectivity index (χ0) is 22.9. The molecule has 3 rings (SSSR count). The van der Waals surface area contributed by atoms with Crippen molar-refractivity contribution in [1.29, 1.82) is 0 Å². The third kappa shape index (κ3) is 5.30. The molecule has 172 valence electrons. The number of anilines is 1. The van der Waals surface area contributed by atoms with Gasteiger partial charge in [0.05, 0.1) is 17.4 Å². The molecule has 0 aromatic carbocycles. The van der Waals surface area contributed by atoms with Gasteiger partial charge in [-0.1, -0.05) is 33.6 Å². The molecule has 0 saturated heterocycles. The van der Waals surface area contributed by atoms with E-state index in [0.717, 1.165) is 37.7 Å². The highest BCUT2D eigenvalue weighted by Gasteiger charge is 2.38. The van der Waals surface area contributed by atoms with Crippen LogP contribution < -0.4 is 10.6 Å². The van der Waals surface area contributed by atoms with Crippen molar-refractivity contribution >= 4 is 34.1 Å². The van der Waals surface area contributed by atoms with Gasteiger partial charge in [-0.15, -0.1) is 11.3 Å². The first-order valence-corrected chi connectivity index (χ1v) is 12.3. The van der Waals surface area contributed by atoms with Crippen molar-refractivity contribution in [2.45, 2.75) is 85.6 Å². The lowest BCUT2D eigenvalue weighted by molar-refractivity contribution is -0.147. The van der Waals surface area contributed by atoms with Crippen LogP contribution in [0.15, 0.2) is 0 Å². The predicted octanol–water partition coefficient (Wildman–Crippen LogP) is 4.87. The highest BCUT2D eigenvalue weighted by Crippen LogP contribution is 2.44. The lowest BCUT2D eigenvalue weighted by Crippen LogP contribution is -2.36. The Kier molecular flexibility index (Phi) is 7.14. The van der Waals surface area contributed by atoms with Crippen molar-refractivity contribution in [3.63, 3.8) is 0 Å². The molecule has 7 heteroatoms. The summed E-state index contributed by atoms with van der Waals surface area (Å²) in [6, 6.07) is -0.00717. The Morgan fingerprint density at radius 1 is 1.06 bits per heavy atom. The maximum Gasteiger partial charge on any atom is 0.307 e. The third-order valence-corrected chi connectivity index (χ3v) is 7.96. The Hall–Kier alpha value is -1.89. The van der Waals surface area contributed by atoms with Crippen LogP contribution in [0.4, 0.5) is 5.00 Å².